The van der Waals surface area contributed by atoms with Gasteiger partial charge in [0.15, 0.2) is 11.4 Å². The maximum Gasteiger partial charge on any atom is 0.215 e. The number of carbonyl (C=O) groups is 1. The van der Waals surface area contributed by atoms with E-state index in [2.05, 4.69) is 5.10 Å². The summed E-state index contributed by atoms with van der Waals surface area (Å²) in [7, 11) is 1.53. The number of carbonyl (C=O) groups excluding carboxylic acids is 1. The van der Waals surface area contributed by atoms with Crippen molar-refractivity contribution in [1.82, 2.24) is 9.78 Å². The summed E-state index contributed by atoms with van der Waals surface area (Å²) in [6, 6.07) is 5.34. The van der Waals surface area contributed by atoms with Crippen molar-refractivity contribution in [3.63, 3.8) is 0 Å². The normalized spacial score (nSPS) is 10.9. The number of aromatic nitrogens is 2. The number of nitrogens with zero attached hydrogens (tertiary/aromatic N) is 2. The Hall–Kier alpha value is -1.81. The molecule has 0 aliphatic rings. The van der Waals surface area contributed by atoms with Crippen molar-refractivity contribution in [2.45, 2.75) is 26.8 Å². The van der Waals surface area contributed by atoms with Crippen molar-refractivity contribution in [1.29, 1.82) is 0 Å². The van der Waals surface area contributed by atoms with Crippen molar-refractivity contribution in [2.24, 2.45) is 0 Å². The summed E-state index contributed by atoms with van der Waals surface area (Å²) < 4.78 is 6.92. The third kappa shape index (κ3) is 2.56. The van der Waals surface area contributed by atoms with Crippen LogP contribution in [0.4, 0.5) is 0 Å². The van der Waals surface area contributed by atoms with Gasteiger partial charge in [-0.05, 0) is 38.5 Å². The number of methoxy groups -OCH3 is 1. The lowest BCUT2D eigenvalue weighted by molar-refractivity contribution is 0.102. The Balaban J connectivity index is 2.58. The van der Waals surface area contributed by atoms with Gasteiger partial charge in [-0.25, -0.2) is 0 Å². The summed E-state index contributed by atoms with van der Waals surface area (Å²) in [5.41, 5.74) is 1.89. The predicted molar refractivity (Wildman–Crippen MR) is 78.8 cm³/mol. The minimum atomic E-state index is -0.131. The first-order valence-electron chi connectivity index (χ1n) is 6.38. The Kier molecular flexibility index (Phi) is 4.14. The zero-order valence-corrected chi connectivity index (χ0v) is 12.7. The molecule has 0 fully saturated rings. The molecule has 1 aromatic heterocycles. The van der Waals surface area contributed by atoms with Gasteiger partial charge >= 0.3 is 0 Å². The van der Waals surface area contributed by atoms with Crippen LogP contribution in [-0.2, 0) is 0 Å². The van der Waals surface area contributed by atoms with E-state index in [1.54, 1.807) is 23.0 Å². The van der Waals surface area contributed by atoms with Crippen LogP contribution in [0.25, 0.3) is 0 Å². The Morgan fingerprint density at radius 2 is 2.10 bits per heavy atom. The lowest BCUT2D eigenvalue weighted by Crippen LogP contribution is -2.15. The fourth-order valence-electron chi connectivity index (χ4n) is 2.07. The van der Waals surface area contributed by atoms with Gasteiger partial charge in [-0.1, -0.05) is 17.7 Å². The molecule has 106 valence electrons. The topological polar surface area (TPSA) is 44.1 Å². The quantitative estimate of drug-likeness (QED) is 0.808. The zero-order chi connectivity index (χ0) is 14.9. The van der Waals surface area contributed by atoms with Crippen molar-refractivity contribution >= 4 is 17.4 Å². The number of rotatable bonds is 4. The number of hydrogen-bond donors (Lipinski definition) is 0. The van der Waals surface area contributed by atoms with E-state index >= 15 is 0 Å². The maximum atomic E-state index is 12.8. The molecule has 0 saturated carbocycles. The Labute approximate surface area is 123 Å². The van der Waals surface area contributed by atoms with E-state index in [1.165, 1.54) is 7.11 Å². The Bertz CT molecular complexity index is 647. The van der Waals surface area contributed by atoms with Gasteiger partial charge in [0.1, 0.15) is 0 Å². The van der Waals surface area contributed by atoms with Crippen molar-refractivity contribution < 1.29 is 9.53 Å². The second-order valence-corrected chi connectivity index (χ2v) is 5.32. The molecule has 4 nitrogen and oxygen atoms in total. The van der Waals surface area contributed by atoms with Crippen molar-refractivity contribution in [3.8, 4) is 5.75 Å². The largest absolute Gasteiger partial charge is 0.493 e. The highest BCUT2D eigenvalue weighted by Gasteiger charge is 2.23. The van der Waals surface area contributed by atoms with Gasteiger partial charge in [0.25, 0.3) is 0 Å². The van der Waals surface area contributed by atoms with Crippen LogP contribution in [0.3, 0.4) is 0 Å². The van der Waals surface area contributed by atoms with Crippen LogP contribution in [0.1, 0.15) is 41.5 Å². The molecule has 0 N–H and O–H groups in total. The Morgan fingerprint density at radius 3 is 2.70 bits per heavy atom. The van der Waals surface area contributed by atoms with Gasteiger partial charge in [-0.3, -0.25) is 9.48 Å². The summed E-state index contributed by atoms with van der Waals surface area (Å²) in [4.78, 5) is 12.8. The fraction of sp³-hybridized carbons (Fsp3) is 0.333. The monoisotopic (exact) mass is 292 g/mol. The molecule has 2 aromatic rings. The van der Waals surface area contributed by atoms with Crippen LogP contribution in [0, 0.1) is 6.92 Å². The number of ketones is 1. The number of ether oxygens (including phenoxy) is 1. The zero-order valence-electron chi connectivity index (χ0n) is 12.0. The predicted octanol–water partition coefficient (Wildman–Crippen LogP) is 3.67. The molecule has 0 unspecified atom stereocenters. The van der Waals surface area contributed by atoms with E-state index in [1.807, 2.05) is 26.8 Å². The van der Waals surface area contributed by atoms with Crippen molar-refractivity contribution in [2.75, 3.05) is 7.11 Å². The molecule has 0 bridgehead atoms. The highest BCUT2D eigenvalue weighted by atomic mass is 35.5. The summed E-state index contributed by atoms with van der Waals surface area (Å²) in [5, 5.41) is 4.76. The molecule has 0 spiro atoms. The van der Waals surface area contributed by atoms with E-state index < -0.39 is 0 Å². The van der Waals surface area contributed by atoms with Crippen LogP contribution in [0.15, 0.2) is 24.4 Å². The van der Waals surface area contributed by atoms with E-state index in [4.69, 9.17) is 16.3 Å². The van der Waals surface area contributed by atoms with Gasteiger partial charge < -0.3 is 4.74 Å². The summed E-state index contributed by atoms with van der Waals surface area (Å²) >= 11 is 5.99. The Morgan fingerprint density at radius 1 is 1.40 bits per heavy atom. The molecule has 20 heavy (non-hydrogen) atoms. The molecular formula is C15H17ClN2O2. The van der Waals surface area contributed by atoms with Crippen LogP contribution in [-0.4, -0.2) is 22.7 Å². The minimum Gasteiger partial charge on any atom is -0.493 e. The fourth-order valence-corrected chi connectivity index (χ4v) is 2.24. The second kappa shape index (κ2) is 5.67. The van der Waals surface area contributed by atoms with Crippen LogP contribution in [0.5, 0.6) is 5.75 Å². The van der Waals surface area contributed by atoms with E-state index in [9.17, 15) is 4.79 Å². The number of halogens is 1. The van der Waals surface area contributed by atoms with E-state index in [0.717, 1.165) is 5.56 Å². The minimum absolute atomic E-state index is 0.0670. The number of hydrogen-bond acceptors (Lipinski definition) is 3. The van der Waals surface area contributed by atoms with Gasteiger partial charge in [0.05, 0.1) is 13.3 Å². The van der Waals surface area contributed by atoms with Crippen molar-refractivity contribution in [3.05, 3.63) is 46.2 Å². The molecule has 0 radical (unpaired) electrons. The SMILES string of the molecule is COc1cnn(C(C)C)c1C(=O)c1cc(Cl)ccc1C. The average molecular weight is 293 g/mol. The third-order valence-corrected chi connectivity index (χ3v) is 3.37. The number of aryl methyl sites for hydroxylation is 1. The first-order valence-corrected chi connectivity index (χ1v) is 6.75. The molecule has 0 aliphatic carbocycles. The summed E-state index contributed by atoms with van der Waals surface area (Å²) in [5.74, 6) is 0.344. The van der Waals surface area contributed by atoms with E-state index in [-0.39, 0.29) is 11.8 Å². The van der Waals surface area contributed by atoms with E-state index in [0.29, 0.717) is 22.0 Å². The summed E-state index contributed by atoms with van der Waals surface area (Å²) in [6.45, 7) is 5.81. The second-order valence-electron chi connectivity index (χ2n) is 4.89. The lowest BCUT2D eigenvalue weighted by atomic mass is 10.0. The smallest absolute Gasteiger partial charge is 0.215 e. The molecule has 1 heterocycles. The number of benzene rings is 1. The molecule has 1 aromatic carbocycles. The molecule has 0 aliphatic heterocycles. The summed E-state index contributed by atoms with van der Waals surface area (Å²) in [6.07, 6.45) is 1.56. The van der Waals surface area contributed by atoms with Crippen LogP contribution >= 0.6 is 11.6 Å². The lowest BCUT2D eigenvalue weighted by Gasteiger charge is -2.12. The average Bonchev–Trinajstić information content (AvgIpc) is 2.84. The molecular weight excluding hydrogens is 276 g/mol. The molecule has 5 heteroatoms. The van der Waals surface area contributed by atoms with Gasteiger partial charge in [0, 0.05) is 16.6 Å². The third-order valence-electron chi connectivity index (χ3n) is 3.13. The van der Waals surface area contributed by atoms with Crippen LogP contribution in [0.2, 0.25) is 5.02 Å². The van der Waals surface area contributed by atoms with Crippen LogP contribution < -0.4 is 4.74 Å². The van der Waals surface area contributed by atoms with Gasteiger partial charge in [0.2, 0.25) is 5.78 Å². The standard InChI is InChI=1S/C15H17ClN2O2/c1-9(2)18-14(13(20-4)8-17-18)15(19)12-7-11(16)6-5-10(12)3/h5-9H,1-4H3. The highest BCUT2D eigenvalue weighted by molar-refractivity contribution is 6.31. The molecule has 2 rings (SSSR count). The highest BCUT2D eigenvalue weighted by Crippen LogP contribution is 2.26. The van der Waals surface area contributed by atoms with Gasteiger partial charge in [-0.15, -0.1) is 0 Å². The maximum absolute atomic E-state index is 12.8. The molecule has 0 atom stereocenters. The molecule has 0 amide bonds. The molecule has 0 saturated heterocycles. The van der Waals surface area contributed by atoms with Gasteiger partial charge in [-0.2, -0.15) is 5.10 Å². The first kappa shape index (κ1) is 14.6. The first-order chi connectivity index (χ1) is 9.45.